The number of ketones is 1. The van der Waals surface area contributed by atoms with Gasteiger partial charge < -0.3 is 4.90 Å². The Morgan fingerprint density at radius 1 is 1.20 bits per heavy atom. The Kier molecular flexibility index (Phi) is 4.94. The van der Waals surface area contributed by atoms with Gasteiger partial charge in [0.05, 0.1) is 0 Å². The number of benzene rings is 1. The summed E-state index contributed by atoms with van der Waals surface area (Å²) in [6.07, 6.45) is 2.93. The Balaban J connectivity index is 1.83. The highest BCUT2D eigenvalue weighted by Crippen LogP contribution is 2.17. The van der Waals surface area contributed by atoms with Crippen molar-refractivity contribution in [3.63, 3.8) is 0 Å². The lowest BCUT2D eigenvalue weighted by atomic mass is 9.99. The molecular weight excluding hydrogens is 250 g/mol. The molecule has 1 amide bonds. The Hall–Kier alpha value is -1.64. The lowest BCUT2D eigenvalue weighted by Gasteiger charge is -2.31. The summed E-state index contributed by atoms with van der Waals surface area (Å²) in [4.78, 5) is 26.1. The fourth-order valence-corrected chi connectivity index (χ4v) is 2.68. The highest BCUT2D eigenvalue weighted by molar-refractivity contribution is 5.97. The monoisotopic (exact) mass is 273 g/mol. The van der Waals surface area contributed by atoms with Gasteiger partial charge in [0.25, 0.3) is 0 Å². The molecule has 3 nitrogen and oxygen atoms in total. The number of likely N-dealkylation sites (tertiary alicyclic amines) is 1. The molecule has 0 saturated carbocycles. The van der Waals surface area contributed by atoms with E-state index in [1.54, 1.807) is 0 Å². The molecule has 0 N–H and O–H groups in total. The molecular formula is C17H23NO2. The summed E-state index contributed by atoms with van der Waals surface area (Å²) in [5, 5.41) is 0. The van der Waals surface area contributed by atoms with E-state index in [4.69, 9.17) is 0 Å². The number of carbonyl (C=O) groups is 2. The van der Waals surface area contributed by atoms with Crippen molar-refractivity contribution in [3.05, 3.63) is 35.4 Å². The van der Waals surface area contributed by atoms with Crippen LogP contribution in [0.1, 0.15) is 48.5 Å². The Bertz CT molecular complexity index is 478. The fourth-order valence-electron chi connectivity index (χ4n) is 2.68. The minimum Gasteiger partial charge on any atom is -0.342 e. The van der Waals surface area contributed by atoms with Gasteiger partial charge >= 0.3 is 0 Å². The molecule has 1 aromatic carbocycles. The first-order valence-corrected chi connectivity index (χ1v) is 7.44. The molecule has 3 heteroatoms. The van der Waals surface area contributed by atoms with E-state index in [1.807, 2.05) is 36.1 Å². The van der Waals surface area contributed by atoms with Crippen molar-refractivity contribution >= 4 is 11.7 Å². The van der Waals surface area contributed by atoms with E-state index in [9.17, 15) is 9.59 Å². The van der Waals surface area contributed by atoms with Crippen LogP contribution in [0.15, 0.2) is 24.3 Å². The third-order valence-corrected chi connectivity index (χ3v) is 3.95. The zero-order valence-electron chi connectivity index (χ0n) is 12.4. The zero-order valence-corrected chi connectivity index (χ0v) is 12.4. The Morgan fingerprint density at radius 2 is 1.90 bits per heavy atom. The van der Waals surface area contributed by atoms with Gasteiger partial charge in [-0.15, -0.1) is 0 Å². The van der Waals surface area contributed by atoms with Gasteiger partial charge in [0.2, 0.25) is 5.91 Å². The van der Waals surface area contributed by atoms with Gasteiger partial charge in [0.1, 0.15) is 0 Å². The SMILES string of the molecule is Cc1ccc(C(=O)CCC(=O)N2CCCC(C)C2)cc1. The second-order valence-electron chi connectivity index (χ2n) is 5.88. The maximum Gasteiger partial charge on any atom is 0.223 e. The Morgan fingerprint density at radius 3 is 2.55 bits per heavy atom. The van der Waals surface area contributed by atoms with Crippen molar-refractivity contribution in [1.29, 1.82) is 0 Å². The molecule has 0 spiro atoms. The van der Waals surface area contributed by atoms with Gasteiger partial charge in [-0.3, -0.25) is 9.59 Å². The molecule has 1 heterocycles. The smallest absolute Gasteiger partial charge is 0.223 e. The van der Waals surface area contributed by atoms with Crippen LogP contribution in [-0.4, -0.2) is 29.7 Å². The van der Waals surface area contributed by atoms with Gasteiger partial charge in [-0.1, -0.05) is 36.8 Å². The average Bonchev–Trinajstić information content (AvgIpc) is 2.45. The molecule has 20 heavy (non-hydrogen) atoms. The fraction of sp³-hybridized carbons (Fsp3) is 0.529. The van der Waals surface area contributed by atoms with Crippen molar-refractivity contribution in [1.82, 2.24) is 4.90 Å². The maximum atomic E-state index is 12.1. The molecule has 1 atom stereocenters. The molecule has 1 fully saturated rings. The van der Waals surface area contributed by atoms with Crippen molar-refractivity contribution in [2.24, 2.45) is 5.92 Å². The van der Waals surface area contributed by atoms with Crippen LogP contribution in [-0.2, 0) is 4.79 Å². The number of amides is 1. The molecule has 108 valence electrons. The number of hydrogen-bond donors (Lipinski definition) is 0. The van der Waals surface area contributed by atoms with Gasteiger partial charge in [0, 0.05) is 31.5 Å². The van der Waals surface area contributed by atoms with Crippen molar-refractivity contribution in [3.8, 4) is 0 Å². The molecule has 1 aliphatic heterocycles. The number of aryl methyl sites for hydroxylation is 1. The van der Waals surface area contributed by atoms with E-state index < -0.39 is 0 Å². The van der Waals surface area contributed by atoms with Crippen molar-refractivity contribution in [2.45, 2.75) is 39.5 Å². The summed E-state index contributed by atoms with van der Waals surface area (Å²) in [6.45, 7) is 5.87. The van der Waals surface area contributed by atoms with Gasteiger partial charge in [-0.05, 0) is 25.7 Å². The summed E-state index contributed by atoms with van der Waals surface area (Å²) in [7, 11) is 0. The lowest BCUT2D eigenvalue weighted by Crippen LogP contribution is -2.39. The number of Topliss-reactive ketones (excluding diaryl/α,β-unsaturated/α-hetero) is 1. The number of nitrogens with zero attached hydrogens (tertiary/aromatic N) is 1. The second-order valence-corrected chi connectivity index (χ2v) is 5.88. The highest BCUT2D eigenvalue weighted by atomic mass is 16.2. The van der Waals surface area contributed by atoms with Crippen LogP contribution in [0.4, 0.5) is 0 Å². The van der Waals surface area contributed by atoms with E-state index in [2.05, 4.69) is 6.92 Å². The van der Waals surface area contributed by atoms with Crippen molar-refractivity contribution < 1.29 is 9.59 Å². The summed E-state index contributed by atoms with van der Waals surface area (Å²) >= 11 is 0. The largest absolute Gasteiger partial charge is 0.342 e. The van der Waals surface area contributed by atoms with E-state index in [1.165, 1.54) is 6.42 Å². The first-order valence-electron chi connectivity index (χ1n) is 7.44. The third kappa shape index (κ3) is 3.92. The second kappa shape index (κ2) is 6.69. The predicted molar refractivity (Wildman–Crippen MR) is 79.7 cm³/mol. The molecule has 1 aliphatic rings. The number of carbonyl (C=O) groups excluding carboxylic acids is 2. The summed E-state index contributed by atoms with van der Waals surface area (Å²) in [5.41, 5.74) is 1.84. The normalized spacial score (nSPS) is 18.9. The quantitative estimate of drug-likeness (QED) is 0.790. The van der Waals surface area contributed by atoms with E-state index >= 15 is 0 Å². The lowest BCUT2D eigenvalue weighted by molar-refractivity contribution is -0.132. The molecule has 1 saturated heterocycles. The van der Waals surface area contributed by atoms with Crippen LogP contribution in [0.3, 0.4) is 0 Å². The minimum absolute atomic E-state index is 0.0587. The molecule has 0 aromatic heterocycles. The molecule has 0 bridgehead atoms. The van der Waals surface area contributed by atoms with E-state index in [0.29, 0.717) is 24.3 Å². The molecule has 1 unspecified atom stereocenters. The van der Waals surface area contributed by atoms with E-state index in [0.717, 1.165) is 25.1 Å². The Labute approximate surface area is 121 Å². The topological polar surface area (TPSA) is 37.4 Å². The standard InChI is InChI=1S/C17H23NO2/c1-13-5-7-15(8-6-13)16(19)9-10-17(20)18-11-3-4-14(2)12-18/h5-8,14H,3-4,9-12H2,1-2H3. The third-order valence-electron chi connectivity index (χ3n) is 3.95. The molecule has 0 radical (unpaired) electrons. The van der Waals surface area contributed by atoms with Crippen LogP contribution in [0.2, 0.25) is 0 Å². The average molecular weight is 273 g/mol. The minimum atomic E-state index is 0.0587. The summed E-state index contributed by atoms with van der Waals surface area (Å²) in [5.74, 6) is 0.765. The van der Waals surface area contributed by atoms with Crippen LogP contribution in [0.5, 0.6) is 0 Å². The number of piperidine rings is 1. The van der Waals surface area contributed by atoms with Gasteiger partial charge in [-0.25, -0.2) is 0 Å². The van der Waals surface area contributed by atoms with Crippen LogP contribution >= 0.6 is 0 Å². The predicted octanol–water partition coefficient (Wildman–Crippen LogP) is 3.22. The first kappa shape index (κ1) is 14.8. The zero-order chi connectivity index (χ0) is 14.5. The maximum absolute atomic E-state index is 12.1. The van der Waals surface area contributed by atoms with Gasteiger partial charge in [0.15, 0.2) is 5.78 Å². The van der Waals surface area contributed by atoms with Crippen LogP contribution in [0, 0.1) is 12.8 Å². The van der Waals surface area contributed by atoms with E-state index in [-0.39, 0.29) is 11.7 Å². The highest BCUT2D eigenvalue weighted by Gasteiger charge is 2.21. The van der Waals surface area contributed by atoms with Crippen LogP contribution < -0.4 is 0 Å². The first-order chi connectivity index (χ1) is 9.56. The van der Waals surface area contributed by atoms with Gasteiger partial charge in [-0.2, -0.15) is 0 Å². The summed E-state index contributed by atoms with van der Waals surface area (Å²) in [6, 6.07) is 7.54. The molecule has 2 rings (SSSR count). The molecule has 1 aromatic rings. The van der Waals surface area contributed by atoms with Crippen molar-refractivity contribution in [2.75, 3.05) is 13.1 Å². The number of rotatable bonds is 4. The number of hydrogen-bond acceptors (Lipinski definition) is 2. The van der Waals surface area contributed by atoms with Crippen LogP contribution in [0.25, 0.3) is 0 Å². The summed E-state index contributed by atoms with van der Waals surface area (Å²) < 4.78 is 0. The molecule has 0 aliphatic carbocycles.